The highest BCUT2D eigenvalue weighted by atomic mass is 16.7. The van der Waals surface area contributed by atoms with Crippen LogP contribution < -0.4 is 0 Å². The minimum Gasteiger partial charge on any atom is -0.504 e. The van der Waals surface area contributed by atoms with E-state index in [0.29, 0.717) is 0 Å². The number of esters is 1. The molecule has 1 heterocycles. The van der Waals surface area contributed by atoms with Crippen LogP contribution in [0, 0.1) is 0 Å². The second-order valence-corrected chi connectivity index (χ2v) is 5.06. The molecular formula is C13H16O10. The largest absolute Gasteiger partial charge is 0.504 e. The van der Waals surface area contributed by atoms with Crippen molar-refractivity contribution < 1.29 is 50.0 Å². The van der Waals surface area contributed by atoms with E-state index in [9.17, 15) is 35.4 Å². The average molecular weight is 332 g/mol. The Kier molecular flexibility index (Phi) is 4.63. The summed E-state index contributed by atoms with van der Waals surface area (Å²) in [5.74, 6) is -5.67. The van der Waals surface area contributed by atoms with Crippen LogP contribution in [0.3, 0.4) is 0 Å². The van der Waals surface area contributed by atoms with Gasteiger partial charge in [-0.05, 0) is 12.1 Å². The van der Waals surface area contributed by atoms with Crippen LogP contribution in [-0.4, -0.2) is 79.0 Å². The van der Waals surface area contributed by atoms with Crippen molar-refractivity contribution in [3.8, 4) is 17.2 Å². The van der Waals surface area contributed by atoms with Gasteiger partial charge in [-0.2, -0.15) is 0 Å². The SMILES string of the molecule is O=C(OC[C@H]1O[C@](O)(CO)[C@@H](O)[C@@H]1O)c1cc(O)c(O)c(O)c1. The van der Waals surface area contributed by atoms with Crippen molar-refractivity contribution in [3.05, 3.63) is 17.7 Å². The van der Waals surface area contributed by atoms with E-state index in [2.05, 4.69) is 0 Å². The van der Waals surface area contributed by atoms with Crippen molar-refractivity contribution in [3.63, 3.8) is 0 Å². The van der Waals surface area contributed by atoms with E-state index in [-0.39, 0.29) is 5.56 Å². The smallest absolute Gasteiger partial charge is 0.338 e. The van der Waals surface area contributed by atoms with Crippen molar-refractivity contribution in [2.24, 2.45) is 0 Å². The van der Waals surface area contributed by atoms with Gasteiger partial charge < -0.3 is 45.2 Å². The monoisotopic (exact) mass is 332 g/mol. The maximum atomic E-state index is 11.8. The molecule has 128 valence electrons. The molecule has 10 heteroatoms. The van der Waals surface area contributed by atoms with Crippen molar-refractivity contribution >= 4 is 5.97 Å². The second-order valence-electron chi connectivity index (χ2n) is 5.06. The van der Waals surface area contributed by atoms with Crippen molar-refractivity contribution in [2.75, 3.05) is 13.2 Å². The molecule has 0 unspecified atom stereocenters. The molecule has 1 saturated heterocycles. The van der Waals surface area contributed by atoms with Gasteiger partial charge in [-0.15, -0.1) is 0 Å². The molecule has 0 spiro atoms. The molecule has 0 amide bonds. The molecule has 1 aromatic rings. The van der Waals surface area contributed by atoms with E-state index in [4.69, 9.17) is 14.6 Å². The maximum absolute atomic E-state index is 11.8. The third-order valence-electron chi connectivity index (χ3n) is 3.43. The summed E-state index contributed by atoms with van der Waals surface area (Å²) in [6.07, 6.45) is -4.70. The van der Waals surface area contributed by atoms with Gasteiger partial charge in [0.2, 0.25) is 5.79 Å². The first-order valence-electron chi connectivity index (χ1n) is 6.49. The summed E-state index contributed by atoms with van der Waals surface area (Å²) in [7, 11) is 0. The lowest BCUT2D eigenvalue weighted by Crippen LogP contribution is -2.46. The fourth-order valence-electron chi connectivity index (χ4n) is 2.10. The quantitative estimate of drug-likeness (QED) is 0.235. The van der Waals surface area contributed by atoms with Gasteiger partial charge in [0.1, 0.15) is 24.9 Å². The third-order valence-corrected chi connectivity index (χ3v) is 3.43. The molecule has 1 aromatic carbocycles. The number of aromatic hydroxyl groups is 3. The Bertz CT molecular complexity index is 579. The minimum atomic E-state index is -2.37. The van der Waals surface area contributed by atoms with Crippen LogP contribution in [0.1, 0.15) is 10.4 Å². The summed E-state index contributed by atoms with van der Waals surface area (Å²) >= 11 is 0. The topological polar surface area (TPSA) is 177 Å². The Labute approximate surface area is 129 Å². The summed E-state index contributed by atoms with van der Waals surface area (Å²) in [4.78, 5) is 11.8. The van der Waals surface area contributed by atoms with E-state index >= 15 is 0 Å². The van der Waals surface area contributed by atoms with Crippen LogP contribution in [0.15, 0.2) is 12.1 Å². The van der Waals surface area contributed by atoms with Crippen LogP contribution in [0.5, 0.6) is 17.2 Å². The number of aliphatic hydroxyl groups is 4. The first kappa shape index (κ1) is 17.2. The van der Waals surface area contributed by atoms with Gasteiger partial charge in [-0.3, -0.25) is 0 Å². The van der Waals surface area contributed by atoms with E-state index in [1.54, 1.807) is 0 Å². The third kappa shape index (κ3) is 3.16. The summed E-state index contributed by atoms with van der Waals surface area (Å²) in [6, 6.07) is 1.70. The van der Waals surface area contributed by atoms with E-state index in [0.717, 1.165) is 12.1 Å². The number of hydrogen-bond donors (Lipinski definition) is 7. The highest BCUT2D eigenvalue weighted by molar-refractivity contribution is 5.91. The molecule has 10 nitrogen and oxygen atoms in total. The van der Waals surface area contributed by atoms with Crippen LogP contribution in [0.4, 0.5) is 0 Å². The molecule has 0 aromatic heterocycles. The standard InChI is InChI=1S/C13H16O10/c14-4-13(21)11(19)10(18)8(23-13)3-22-12(20)5-1-6(15)9(17)7(16)2-5/h1-2,8,10-11,14-19,21H,3-4H2/t8-,10-,11+,13-/m1/s1. The lowest BCUT2D eigenvalue weighted by atomic mass is 10.1. The van der Waals surface area contributed by atoms with Crippen LogP contribution in [0.25, 0.3) is 0 Å². The number of aliphatic hydroxyl groups excluding tert-OH is 3. The van der Waals surface area contributed by atoms with Gasteiger partial charge in [0.05, 0.1) is 12.2 Å². The maximum Gasteiger partial charge on any atom is 0.338 e. The van der Waals surface area contributed by atoms with Gasteiger partial charge in [-0.25, -0.2) is 4.79 Å². The lowest BCUT2D eigenvalue weighted by Gasteiger charge is -2.22. The molecule has 1 aliphatic heterocycles. The number of phenols is 3. The van der Waals surface area contributed by atoms with Crippen molar-refractivity contribution in [1.29, 1.82) is 0 Å². The molecule has 4 atom stereocenters. The molecule has 23 heavy (non-hydrogen) atoms. The van der Waals surface area contributed by atoms with Gasteiger partial charge in [0, 0.05) is 0 Å². The van der Waals surface area contributed by atoms with Crippen LogP contribution >= 0.6 is 0 Å². The molecule has 7 N–H and O–H groups in total. The Morgan fingerprint density at radius 1 is 1.22 bits per heavy atom. The summed E-state index contributed by atoms with van der Waals surface area (Å²) in [5.41, 5.74) is -0.289. The summed E-state index contributed by atoms with van der Waals surface area (Å²) < 4.78 is 9.65. The zero-order valence-electron chi connectivity index (χ0n) is 11.7. The molecule has 0 radical (unpaired) electrons. The van der Waals surface area contributed by atoms with Gasteiger partial charge in [-0.1, -0.05) is 0 Å². The van der Waals surface area contributed by atoms with Gasteiger partial charge >= 0.3 is 5.97 Å². The Hall–Kier alpha value is -2.11. The molecule has 2 rings (SSSR count). The predicted octanol–water partition coefficient (Wildman–Crippen LogP) is -2.24. The number of hydrogen-bond acceptors (Lipinski definition) is 10. The summed E-state index contributed by atoms with van der Waals surface area (Å²) in [6.45, 7) is -1.56. The Morgan fingerprint density at radius 2 is 1.78 bits per heavy atom. The van der Waals surface area contributed by atoms with E-state index in [1.807, 2.05) is 0 Å². The number of carbonyl (C=O) groups excluding carboxylic acids is 1. The zero-order valence-corrected chi connectivity index (χ0v) is 11.7. The van der Waals surface area contributed by atoms with Crippen LogP contribution in [-0.2, 0) is 9.47 Å². The average Bonchev–Trinajstić information content (AvgIpc) is 2.74. The number of carbonyl (C=O) groups is 1. The second kappa shape index (κ2) is 6.18. The number of phenolic OH excluding ortho intramolecular Hbond substituents is 3. The summed E-state index contributed by atoms with van der Waals surface area (Å²) in [5, 5.41) is 65.7. The van der Waals surface area contributed by atoms with Crippen molar-refractivity contribution in [2.45, 2.75) is 24.1 Å². The Morgan fingerprint density at radius 3 is 2.26 bits per heavy atom. The highest BCUT2D eigenvalue weighted by Crippen LogP contribution is 2.35. The molecule has 1 aliphatic rings. The van der Waals surface area contributed by atoms with Crippen molar-refractivity contribution in [1.82, 2.24) is 0 Å². The Balaban J connectivity index is 2.03. The molecular weight excluding hydrogens is 316 g/mol. The van der Waals surface area contributed by atoms with E-state index in [1.165, 1.54) is 0 Å². The highest BCUT2D eigenvalue weighted by Gasteiger charge is 2.53. The van der Waals surface area contributed by atoms with Gasteiger partial charge in [0.25, 0.3) is 0 Å². The number of rotatable bonds is 4. The molecule has 0 aliphatic carbocycles. The molecule has 1 fully saturated rings. The molecule has 0 saturated carbocycles. The zero-order chi connectivity index (χ0) is 17.4. The fourth-order valence-corrected chi connectivity index (χ4v) is 2.10. The predicted molar refractivity (Wildman–Crippen MR) is 70.6 cm³/mol. The van der Waals surface area contributed by atoms with Gasteiger partial charge in [0.15, 0.2) is 17.2 Å². The normalized spacial score (nSPS) is 30.3. The molecule has 0 bridgehead atoms. The lowest BCUT2D eigenvalue weighted by molar-refractivity contribution is -0.248. The fraction of sp³-hybridized carbons (Fsp3) is 0.462. The van der Waals surface area contributed by atoms with Crippen LogP contribution in [0.2, 0.25) is 0 Å². The first-order valence-corrected chi connectivity index (χ1v) is 6.49. The number of ether oxygens (including phenoxy) is 2. The minimum absolute atomic E-state index is 0.289. The number of benzene rings is 1. The first-order chi connectivity index (χ1) is 10.7. The van der Waals surface area contributed by atoms with E-state index < -0.39 is 60.5 Å².